The van der Waals surface area contributed by atoms with Crippen LogP contribution in [0.3, 0.4) is 0 Å². The molecule has 0 aliphatic heterocycles. The highest BCUT2D eigenvalue weighted by atomic mass is 19.3. The van der Waals surface area contributed by atoms with Crippen molar-refractivity contribution < 1.29 is 22.3 Å². The lowest BCUT2D eigenvalue weighted by Crippen LogP contribution is -2.22. The lowest BCUT2D eigenvalue weighted by molar-refractivity contribution is -0.185. The lowest BCUT2D eigenvalue weighted by Gasteiger charge is -2.28. The third kappa shape index (κ3) is 4.98. The van der Waals surface area contributed by atoms with Crippen molar-refractivity contribution in [3.05, 3.63) is 88.5 Å². The summed E-state index contributed by atoms with van der Waals surface area (Å²) in [5.74, 6) is -0.883. The Kier molecular flexibility index (Phi) is 7.01. The summed E-state index contributed by atoms with van der Waals surface area (Å²) < 4.78 is 62.2. The van der Waals surface area contributed by atoms with Gasteiger partial charge in [0.05, 0.1) is 5.56 Å². The molecule has 1 nitrogen and oxygen atoms in total. The topological polar surface area (TPSA) is 9.23 Å². The van der Waals surface area contributed by atoms with E-state index in [0.29, 0.717) is 5.92 Å². The van der Waals surface area contributed by atoms with Crippen LogP contribution in [0.5, 0.6) is 5.75 Å². The van der Waals surface area contributed by atoms with Crippen LogP contribution in [0.2, 0.25) is 0 Å². The minimum absolute atomic E-state index is 0.154. The second kappa shape index (κ2) is 9.81. The maximum atomic E-state index is 14.8. The Bertz CT molecular complexity index is 1130. The molecule has 1 aliphatic rings. The van der Waals surface area contributed by atoms with Crippen LogP contribution in [0.25, 0.3) is 11.1 Å². The number of benzene rings is 3. The van der Waals surface area contributed by atoms with Crippen LogP contribution in [0.15, 0.2) is 54.6 Å². The molecule has 180 valence electrons. The van der Waals surface area contributed by atoms with E-state index in [1.54, 1.807) is 12.1 Å². The predicted octanol–water partition coefficient (Wildman–Crippen LogP) is 9.06. The second-order valence-electron chi connectivity index (χ2n) is 9.36. The van der Waals surface area contributed by atoms with Crippen LogP contribution in [0, 0.1) is 31.4 Å². The zero-order valence-corrected chi connectivity index (χ0v) is 19.8. The average molecular weight is 471 g/mol. The molecule has 4 rings (SSSR count). The molecule has 0 atom stereocenters. The first-order valence-electron chi connectivity index (χ1n) is 11.9. The minimum atomic E-state index is -3.74. The Labute approximate surface area is 198 Å². The largest absolute Gasteiger partial charge is 0.428 e. The number of hydrogen-bond acceptors (Lipinski definition) is 1. The Morgan fingerprint density at radius 3 is 1.94 bits per heavy atom. The number of alkyl halides is 2. The van der Waals surface area contributed by atoms with Gasteiger partial charge in [0, 0.05) is 17.2 Å². The summed E-state index contributed by atoms with van der Waals surface area (Å²) in [6, 6.07) is 14.9. The van der Waals surface area contributed by atoms with Gasteiger partial charge in [-0.15, -0.1) is 0 Å². The maximum absolute atomic E-state index is 14.8. The second-order valence-corrected chi connectivity index (χ2v) is 9.36. The molecule has 3 aromatic carbocycles. The van der Waals surface area contributed by atoms with Gasteiger partial charge in [0.15, 0.2) is 0 Å². The van der Waals surface area contributed by atoms with Crippen molar-refractivity contribution in [1.29, 1.82) is 0 Å². The first-order valence-corrected chi connectivity index (χ1v) is 11.9. The van der Waals surface area contributed by atoms with E-state index < -0.39 is 23.5 Å². The van der Waals surface area contributed by atoms with Gasteiger partial charge in [0.1, 0.15) is 17.4 Å². The Morgan fingerprint density at radius 1 is 0.824 bits per heavy atom. The first-order chi connectivity index (χ1) is 16.2. The van der Waals surface area contributed by atoms with Gasteiger partial charge in [-0.05, 0) is 80.2 Å². The van der Waals surface area contributed by atoms with Crippen LogP contribution in [0.4, 0.5) is 17.6 Å². The van der Waals surface area contributed by atoms with E-state index in [9.17, 15) is 17.6 Å². The van der Waals surface area contributed by atoms with Crippen LogP contribution < -0.4 is 4.74 Å². The van der Waals surface area contributed by atoms with Gasteiger partial charge in [-0.1, -0.05) is 49.7 Å². The monoisotopic (exact) mass is 470 g/mol. The molecule has 0 N–H and O–H groups in total. The quantitative estimate of drug-likeness (QED) is 0.327. The van der Waals surface area contributed by atoms with Crippen molar-refractivity contribution in [3.63, 3.8) is 0 Å². The van der Waals surface area contributed by atoms with E-state index in [1.807, 2.05) is 12.1 Å². The van der Waals surface area contributed by atoms with Crippen molar-refractivity contribution in [2.24, 2.45) is 5.92 Å². The molecule has 0 amide bonds. The Balaban J connectivity index is 1.47. The standard InChI is InChI=1S/C29H30F4O/c1-4-20-5-7-21(8-6-20)22-9-11-23(12-10-22)24-13-15-25(16-14-24)29(32,33)34-27-17-26(30)18(2)28(31)19(27)3/h9-17,20-21H,4-8H2,1-3H3. The molecule has 0 saturated heterocycles. The fourth-order valence-corrected chi connectivity index (χ4v) is 4.84. The van der Waals surface area contributed by atoms with Crippen molar-refractivity contribution in [2.75, 3.05) is 0 Å². The molecular weight excluding hydrogens is 440 g/mol. The molecule has 1 saturated carbocycles. The van der Waals surface area contributed by atoms with Crippen molar-refractivity contribution >= 4 is 0 Å². The normalized spacial score (nSPS) is 18.7. The number of hydrogen-bond donors (Lipinski definition) is 0. The van der Waals surface area contributed by atoms with Gasteiger partial charge in [-0.25, -0.2) is 8.78 Å². The molecule has 5 heteroatoms. The third-order valence-corrected chi connectivity index (χ3v) is 7.24. The van der Waals surface area contributed by atoms with Gasteiger partial charge in [0.25, 0.3) is 0 Å². The summed E-state index contributed by atoms with van der Waals surface area (Å²) in [6.45, 7) is 4.80. The van der Waals surface area contributed by atoms with E-state index in [2.05, 4.69) is 19.1 Å². The zero-order valence-electron chi connectivity index (χ0n) is 19.8. The van der Waals surface area contributed by atoms with E-state index in [0.717, 1.165) is 23.1 Å². The fraction of sp³-hybridized carbons (Fsp3) is 0.379. The molecule has 3 aromatic rings. The SMILES string of the molecule is CCC1CCC(c2ccc(-c3ccc(C(F)(F)Oc4cc(F)c(C)c(F)c4C)cc3)cc2)CC1. The zero-order chi connectivity index (χ0) is 24.5. The molecule has 1 aliphatic carbocycles. The minimum Gasteiger partial charge on any atom is -0.428 e. The van der Waals surface area contributed by atoms with Gasteiger partial charge < -0.3 is 4.74 Å². The third-order valence-electron chi connectivity index (χ3n) is 7.24. The van der Waals surface area contributed by atoms with E-state index in [1.165, 1.54) is 63.6 Å². The number of halogens is 4. The van der Waals surface area contributed by atoms with E-state index in [-0.39, 0.29) is 16.7 Å². The Morgan fingerprint density at radius 2 is 1.38 bits per heavy atom. The smallest absolute Gasteiger partial charge is 0.426 e. The van der Waals surface area contributed by atoms with Gasteiger partial charge >= 0.3 is 6.11 Å². The molecule has 0 radical (unpaired) electrons. The van der Waals surface area contributed by atoms with Crippen LogP contribution in [0.1, 0.15) is 67.2 Å². The summed E-state index contributed by atoms with van der Waals surface area (Å²) in [5, 5.41) is 0. The van der Waals surface area contributed by atoms with Crippen LogP contribution >= 0.6 is 0 Å². The summed E-state index contributed by atoms with van der Waals surface area (Å²) in [5.41, 5.74) is 2.32. The lowest BCUT2D eigenvalue weighted by atomic mass is 9.77. The highest BCUT2D eigenvalue weighted by Crippen LogP contribution is 2.38. The highest BCUT2D eigenvalue weighted by Gasteiger charge is 2.35. The van der Waals surface area contributed by atoms with Gasteiger partial charge in [-0.3, -0.25) is 0 Å². The molecular formula is C29H30F4O. The molecule has 1 fully saturated rings. The maximum Gasteiger partial charge on any atom is 0.426 e. The molecule has 0 aromatic heterocycles. The predicted molar refractivity (Wildman–Crippen MR) is 127 cm³/mol. The Hall–Kier alpha value is -2.82. The van der Waals surface area contributed by atoms with Gasteiger partial charge in [0.2, 0.25) is 0 Å². The highest BCUT2D eigenvalue weighted by molar-refractivity contribution is 5.64. The molecule has 34 heavy (non-hydrogen) atoms. The fourth-order valence-electron chi connectivity index (χ4n) is 4.84. The first kappa shape index (κ1) is 24.3. The van der Waals surface area contributed by atoms with Crippen LogP contribution in [-0.4, -0.2) is 0 Å². The number of rotatable bonds is 6. The number of ether oxygens (including phenoxy) is 1. The van der Waals surface area contributed by atoms with Crippen molar-refractivity contribution in [3.8, 4) is 16.9 Å². The van der Waals surface area contributed by atoms with Crippen LogP contribution in [-0.2, 0) is 6.11 Å². The van der Waals surface area contributed by atoms with Crippen molar-refractivity contribution in [2.45, 2.75) is 64.9 Å². The molecule has 0 unspecified atom stereocenters. The van der Waals surface area contributed by atoms with E-state index >= 15 is 0 Å². The summed E-state index contributed by atoms with van der Waals surface area (Å²) in [4.78, 5) is 0. The molecule has 0 heterocycles. The summed E-state index contributed by atoms with van der Waals surface area (Å²) in [6.07, 6.45) is 2.51. The summed E-state index contributed by atoms with van der Waals surface area (Å²) in [7, 11) is 0. The average Bonchev–Trinajstić information content (AvgIpc) is 2.86. The molecule has 0 bridgehead atoms. The van der Waals surface area contributed by atoms with E-state index in [4.69, 9.17) is 4.74 Å². The van der Waals surface area contributed by atoms with Gasteiger partial charge in [-0.2, -0.15) is 8.78 Å². The molecule has 0 spiro atoms. The van der Waals surface area contributed by atoms with Crippen molar-refractivity contribution in [1.82, 2.24) is 0 Å². The summed E-state index contributed by atoms with van der Waals surface area (Å²) >= 11 is 0.